The van der Waals surface area contributed by atoms with Crippen molar-refractivity contribution < 1.29 is 14.7 Å². The number of hydrogen-bond donors (Lipinski definition) is 2. The van der Waals surface area contributed by atoms with Gasteiger partial charge in [-0.25, -0.2) is 4.79 Å². The number of carboxylic acids is 1. The van der Waals surface area contributed by atoms with Crippen LogP contribution in [0.5, 0.6) is 0 Å². The van der Waals surface area contributed by atoms with Crippen LogP contribution in [0.25, 0.3) is 0 Å². The highest BCUT2D eigenvalue weighted by molar-refractivity contribution is 6.30. The fourth-order valence-corrected chi connectivity index (χ4v) is 1.66. The first-order valence-corrected chi connectivity index (χ1v) is 5.69. The maximum absolute atomic E-state index is 12.0. The third-order valence-corrected chi connectivity index (χ3v) is 2.63. The Morgan fingerprint density at radius 1 is 1.32 bits per heavy atom. The van der Waals surface area contributed by atoms with Crippen molar-refractivity contribution in [2.75, 3.05) is 5.32 Å². The zero-order valence-electron chi connectivity index (χ0n) is 9.92. The highest BCUT2D eigenvalue weighted by atomic mass is 35.5. The molecule has 0 saturated carbocycles. The molecule has 0 aliphatic carbocycles. The minimum absolute atomic E-state index is 0.134. The normalized spacial score (nSPS) is 10.2. The lowest BCUT2D eigenvalue weighted by Crippen LogP contribution is -2.16. The summed E-state index contributed by atoms with van der Waals surface area (Å²) in [6.45, 7) is 0. The molecule has 0 bridgehead atoms. The van der Waals surface area contributed by atoms with Gasteiger partial charge in [0, 0.05) is 24.0 Å². The van der Waals surface area contributed by atoms with E-state index in [2.05, 4.69) is 10.4 Å². The van der Waals surface area contributed by atoms with Gasteiger partial charge in [-0.15, -0.1) is 0 Å². The van der Waals surface area contributed by atoms with Crippen molar-refractivity contribution in [3.63, 3.8) is 0 Å². The van der Waals surface area contributed by atoms with Crippen molar-refractivity contribution in [2.24, 2.45) is 7.05 Å². The number of hydrogen-bond acceptors (Lipinski definition) is 3. The minimum Gasteiger partial charge on any atom is -0.478 e. The smallest absolute Gasteiger partial charge is 0.339 e. The number of carbonyl (C=O) groups excluding carboxylic acids is 1. The number of benzene rings is 1. The Bertz CT molecular complexity index is 634. The molecule has 1 aromatic carbocycles. The second kappa shape index (κ2) is 5.11. The van der Waals surface area contributed by atoms with Gasteiger partial charge in [0.25, 0.3) is 5.91 Å². The molecule has 0 saturated heterocycles. The fourth-order valence-electron chi connectivity index (χ4n) is 1.54. The van der Waals surface area contributed by atoms with E-state index in [4.69, 9.17) is 16.7 Å². The molecule has 1 amide bonds. The van der Waals surface area contributed by atoms with Crippen LogP contribution in [-0.4, -0.2) is 26.8 Å². The maximum atomic E-state index is 12.0. The van der Waals surface area contributed by atoms with Crippen molar-refractivity contribution in [3.8, 4) is 0 Å². The molecule has 0 spiro atoms. The van der Waals surface area contributed by atoms with Crippen LogP contribution < -0.4 is 5.32 Å². The summed E-state index contributed by atoms with van der Waals surface area (Å²) in [6.07, 6.45) is 1.28. The van der Waals surface area contributed by atoms with Crippen LogP contribution >= 0.6 is 11.6 Å². The Balaban J connectivity index is 2.25. The first-order valence-electron chi connectivity index (χ1n) is 5.31. The molecule has 2 aromatic rings. The van der Waals surface area contributed by atoms with E-state index in [0.717, 1.165) is 0 Å². The largest absolute Gasteiger partial charge is 0.478 e. The molecular weight excluding hydrogens is 270 g/mol. The van der Waals surface area contributed by atoms with E-state index in [1.165, 1.54) is 10.9 Å². The summed E-state index contributed by atoms with van der Waals surface area (Å²) in [7, 11) is 1.55. The number of nitrogens with zero attached hydrogens (tertiary/aromatic N) is 2. The number of nitrogens with one attached hydrogen (secondary N) is 1. The van der Waals surface area contributed by atoms with E-state index < -0.39 is 11.9 Å². The molecule has 98 valence electrons. The number of aryl methyl sites for hydroxylation is 1. The summed E-state index contributed by atoms with van der Waals surface area (Å²) in [4.78, 5) is 22.9. The molecular formula is C12H10ClN3O3. The topological polar surface area (TPSA) is 84.2 Å². The Morgan fingerprint density at radius 2 is 1.95 bits per heavy atom. The summed E-state index contributed by atoms with van der Waals surface area (Å²) in [5.41, 5.74) is 0.232. The number of amides is 1. The molecule has 2 N–H and O–H groups in total. The molecule has 7 heteroatoms. The highest BCUT2D eigenvalue weighted by Crippen LogP contribution is 2.15. The molecule has 1 heterocycles. The molecule has 2 rings (SSSR count). The van der Waals surface area contributed by atoms with Crippen molar-refractivity contribution >= 4 is 29.2 Å². The zero-order valence-corrected chi connectivity index (χ0v) is 10.7. The second-order valence-electron chi connectivity index (χ2n) is 3.83. The maximum Gasteiger partial charge on any atom is 0.339 e. The van der Waals surface area contributed by atoms with Gasteiger partial charge in [0.15, 0.2) is 5.69 Å². The van der Waals surface area contributed by atoms with Gasteiger partial charge < -0.3 is 10.4 Å². The van der Waals surface area contributed by atoms with Crippen LogP contribution in [0.2, 0.25) is 5.02 Å². The average molecular weight is 280 g/mol. The van der Waals surface area contributed by atoms with Crippen LogP contribution in [-0.2, 0) is 7.05 Å². The standard InChI is InChI=1S/C12H10ClN3O3/c1-16-6-9(12(18)19)10(15-16)11(17)14-8-4-2-7(13)3-5-8/h2-6H,1H3,(H,14,17)(H,18,19). The summed E-state index contributed by atoms with van der Waals surface area (Å²) >= 11 is 5.73. The highest BCUT2D eigenvalue weighted by Gasteiger charge is 2.20. The monoisotopic (exact) mass is 279 g/mol. The van der Waals surface area contributed by atoms with E-state index in [9.17, 15) is 9.59 Å². The first-order chi connectivity index (χ1) is 8.97. The van der Waals surface area contributed by atoms with Gasteiger partial charge in [-0.2, -0.15) is 5.10 Å². The third kappa shape index (κ3) is 2.92. The lowest BCUT2D eigenvalue weighted by Gasteiger charge is -2.03. The first kappa shape index (κ1) is 13.1. The molecule has 6 nitrogen and oxygen atoms in total. The molecule has 19 heavy (non-hydrogen) atoms. The quantitative estimate of drug-likeness (QED) is 0.900. The van der Waals surface area contributed by atoms with E-state index in [0.29, 0.717) is 10.7 Å². The number of rotatable bonds is 3. The van der Waals surface area contributed by atoms with Crippen LogP contribution in [0.3, 0.4) is 0 Å². The van der Waals surface area contributed by atoms with Crippen LogP contribution in [0.4, 0.5) is 5.69 Å². The Morgan fingerprint density at radius 3 is 2.53 bits per heavy atom. The SMILES string of the molecule is Cn1cc(C(=O)O)c(C(=O)Nc2ccc(Cl)cc2)n1. The predicted octanol–water partition coefficient (Wildman–Crippen LogP) is 2.02. The molecule has 0 radical (unpaired) electrons. The molecule has 0 unspecified atom stereocenters. The molecule has 1 aromatic heterocycles. The third-order valence-electron chi connectivity index (χ3n) is 2.38. The molecule has 0 fully saturated rings. The van der Waals surface area contributed by atoms with E-state index >= 15 is 0 Å². The van der Waals surface area contributed by atoms with Gasteiger partial charge in [-0.1, -0.05) is 11.6 Å². The second-order valence-corrected chi connectivity index (χ2v) is 4.27. The van der Waals surface area contributed by atoms with Gasteiger partial charge in [-0.05, 0) is 24.3 Å². The van der Waals surface area contributed by atoms with Crippen molar-refractivity contribution in [1.82, 2.24) is 9.78 Å². The Labute approximate surface area is 113 Å². The summed E-state index contributed by atoms with van der Waals surface area (Å²) in [5.74, 6) is -1.78. The molecule has 0 atom stereocenters. The lowest BCUT2D eigenvalue weighted by molar-refractivity contribution is 0.0692. The predicted molar refractivity (Wildman–Crippen MR) is 69.6 cm³/mol. The Kier molecular flexibility index (Phi) is 3.52. The molecule has 0 aliphatic heterocycles. The fraction of sp³-hybridized carbons (Fsp3) is 0.0833. The summed E-state index contributed by atoms with van der Waals surface area (Å²) < 4.78 is 1.28. The van der Waals surface area contributed by atoms with Crippen molar-refractivity contribution in [2.45, 2.75) is 0 Å². The van der Waals surface area contributed by atoms with Gasteiger partial charge in [0.05, 0.1) is 0 Å². The average Bonchev–Trinajstić information content (AvgIpc) is 2.74. The Hall–Kier alpha value is -2.34. The van der Waals surface area contributed by atoms with Gasteiger partial charge in [0.2, 0.25) is 0 Å². The number of halogens is 1. The number of aromatic nitrogens is 2. The lowest BCUT2D eigenvalue weighted by atomic mass is 10.2. The number of aromatic carboxylic acids is 1. The van der Waals surface area contributed by atoms with Crippen LogP contribution in [0, 0.1) is 0 Å². The number of anilines is 1. The van der Waals surface area contributed by atoms with Crippen LogP contribution in [0.15, 0.2) is 30.5 Å². The number of carboxylic acid groups (broad SMARTS) is 1. The summed E-state index contributed by atoms with van der Waals surface area (Å²) in [6, 6.07) is 6.47. The van der Waals surface area contributed by atoms with Crippen molar-refractivity contribution in [3.05, 3.63) is 46.7 Å². The van der Waals surface area contributed by atoms with E-state index in [1.807, 2.05) is 0 Å². The minimum atomic E-state index is -1.20. The van der Waals surface area contributed by atoms with Crippen molar-refractivity contribution in [1.29, 1.82) is 0 Å². The van der Waals surface area contributed by atoms with E-state index in [-0.39, 0.29) is 11.3 Å². The summed E-state index contributed by atoms with van der Waals surface area (Å²) in [5, 5.41) is 15.9. The van der Waals surface area contributed by atoms with Gasteiger partial charge in [0.1, 0.15) is 5.56 Å². The van der Waals surface area contributed by atoms with Gasteiger partial charge >= 0.3 is 5.97 Å². The molecule has 0 aliphatic rings. The zero-order chi connectivity index (χ0) is 14.0. The van der Waals surface area contributed by atoms with Gasteiger partial charge in [-0.3, -0.25) is 9.48 Å². The number of carbonyl (C=O) groups is 2. The van der Waals surface area contributed by atoms with Crippen LogP contribution in [0.1, 0.15) is 20.8 Å². The van der Waals surface area contributed by atoms with E-state index in [1.54, 1.807) is 31.3 Å².